The lowest BCUT2D eigenvalue weighted by atomic mass is 9.76. The van der Waals surface area contributed by atoms with Gasteiger partial charge in [-0.25, -0.2) is 0 Å². The molecule has 0 aliphatic carbocycles. The molecule has 0 radical (unpaired) electrons. The van der Waals surface area contributed by atoms with Gasteiger partial charge < -0.3 is 5.32 Å². The molecule has 1 N–H and O–H groups in total. The maximum absolute atomic E-state index is 3.62. The lowest BCUT2D eigenvalue weighted by molar-refractivity contribution is 0.111. The molecule has 2 rings (SSSR count). The van der Waals surface area contributed by atoms with Crippen LogP contribution >= 0.6 is 0 Å². The average Bonchev–Trinajstić information content (AvgIpc) is 2.34. The normalized spacial score (nSPS) is 31.3. The van der Waals surface area contributed by atoms with Gasteiger partial charge in [0.2, 0.25) is 0 Å². The molecule has 0 saturated carbocycles. The van der Waals surface area contributed by atoms with Gasteiger partial charge in [-0.2, -0.15) is 0 Å². The number of hydrogen-bond acceptors (Lipinski definition) is 2. The van der Waals surface area contributed by atoms with Crippen molar-refractivity contribution in [2.45, 2.75) is 46.0 Å². The smallest absolute Gasteiger partial charge is 0.0166 e. The third-order valence-corrected chi connectivity index (χ3v) is 4.42. The van der Waals surface area contributed by atoms with E-state index in [-0.39, 0.29) is 0 Å². The molecule has 0 amide bonds. The number of hydrogen-bond donors (Lipinski definition) is 1. The minimum atomic E-state index is 0.562. The van der Waals surface area contributed by atoms with Crippen molar-refractivity contribution >= 4 is 0 Å². The third kappa shape index (κ3) is 3.56. The number of nitrogens with zero attached hydrogens (tertiary/aromatic N) is 1. The van der Waals surface area contributed by atoms with Crippen LogP contribution in [0.2, 0.25) is 0 Å². The zero-order valence-electron chi connectivity index (χ0n) is 11.6. The molecular formula is C15H28N2. The first-order valence-electron chi connectivity index (χ1n) is 7.33. The van der Waals surface area contributed by atoms with Gasteiger partial charge in [0.25, 0.3) is 0 Å². The molecule has 2 heterocycles. The highest BCUT2D eigenvalue weighted by Gasteiger charge is 2.33. The molecule has 17 heavy (non-hydrogen) atoms. The molecule has 98 valence electrons. The summed E-state index contributed by atoms with van der Waals surface area (Å²) in [5.41, 5.74) is 2.14. The van der Waals surface area contributed by atoms with E-state index in [1.165, 1.54) is 64.8 Å². The van der Waals surface area contributed by atoms with Crippen molar-refractivity contribution in [3.8, 4) is 0 Å². The van der Waals surface area contributed by atoms with Gasteiger partial charge in [0.1, 0.15) is 0 Å². The van der Waals surface area contributed by atoms with Crippen LogP contribution in [-0.2, 0) is 0 Å². The minimum absolute atomic E-state index is 0.562. The quantitative estimate of drug-likeness (QED) is 0.755. The second-order valence-corrected chi connectivity index (χ2v) is 6.07. The fourth-order valence-electron chi connectivity index (χ4n) is 3.42. The maximum atomic E-state index is 3.62. The van der Waals surface area contributed by atoms with Gasteiger partial charge in [-0.15, -0.1) is 0 Å². The van der Waals surface area contributed by atoms with Gasteiger partial charge in [-0.05, 0) is 44.6 Å². The van der Waals surface area contributed by atoms with Crippen LogP contribution in [0.3, 0.4) is 0 Å². The summed E-state index contributed by atoms with van der Waals surface area (Å²) in [6.45, 7) is 10.8. The Morgan fingerprint density at radius 1 is 1.47 bits per heavy atom. The van der Waals surface area contributed by atoms with Crippen molar-refractivity contribution < 1.29 is 0 Å². The Bertz CT molecular complexity index is 259. The van der Waals surface area contributed by atoms with Crippen LogP contribution in [0, 0.1) is 5.41 Å². The first-order chi connectivity index (χ1) is 8.24. The zero-order chi connectivity index (χ0) is 12.1. The Balaban J connectivity index is 1.93. The Morgan fingerprint density at radius 3 is 2.94 bits per heavy atom. The SMILES string of the molecule is CCCC1(CN2CC=C(C)CC2)CCCNC1. The van der Waals surface area contributed by atoms with Gasteiger partial charge in [0.05, 0.1) is 0 Å². The molecule has 2 nitrogen and oxygen atoms in total. The zero-order valence-corrected chi connectivity index (χ0v) is 11.6. The van der Waals surface area contributed by atoms with Crippen LogP contribution in [0.4, 0.5) is 0 Å². The van der Waals surface area contributed by atoms with Gasteiger partial charge >= 0.3 is 0 Å². The molecule has 2 heteroatoms. The van der Waals surface area contributed by atoms with E-state index in [4.69, 9.17) is 0 Å². The van der Waals surface area contributed by atoms with Gasteiger partial charge in [0.15, 0.2) is 0 Å². The fourth-order valence-corrected chi connectivity index (χ4v) is 3.42. The predicted octanol–water partition coefficient (Wildman–Crippen LogP) is 2.81. The molecule has 2 aliphatic heterocycles. The number of rotatable bonds is 4. The van der Waals surface area contributed by atoms with E-state index in [1.807, 2.05) is 0 Å². The Morgan fingerprint density at radius 2 is 2.35 bits per heavy atom. The first-order valence-corrected chi connectivity index (χ1v) is 7.33. The van der Waals surface area contributed by atoms with E-state index in [9.17, 15) is 0 Å². The summed E-state index contributed by atoms with van der Waals surface area (Å²) in [5.74, 6) is 0. The average molecular weight is 236 g/mol. The predicted molar refractivity (Wildman–Crippen MR) is 74.3 cm³/mol. The Kier molecular flexibility index (Phi) is 4.63. The highest BCUT2D eigenvalue weighted by atomic mass is 15.1. The standard InChI is InChI=1S/C15H28N2/c1-3-7-15(8-4-9-16-12-15)13-17-10-5-14(2)6-11-17/h5,16H,3-4,6-13H2,1-2H3. The topological polar surface area (TPSA) is 15.3 Å². The summed E-state index contributed by atoms with van der Waals surface area (Å²) in [6, 6.07) is 0. The molecule has 1 unspecified atom stereocenters. The van der Waals surface area contributed by atoms with Crippen molar-refractivity contribution in [1.82, 2.24) is 10.2 Å². The van der Waals surface area contributed by atoms with Crippen LogP contribution in [0.15, 0.2) is 11.6 Å². The summed E-state index contributed by atoms with van der Waals surface area (Å²) >= 11 is 0. The summed E-state index contributed by atoms with van der Waals surface area (Å²) in [4.78, 5) is 2.66. The van der Waals surface area contributed by atoms with E-state index in [0.29, 0.717) is 5.41 Å². The molecule has 1 fully saturated rings. The molecular weight excluding hydrogens is 208 g/mol. The minimum Gasteiger partial charge on any atom is -0.316 e. The van der Waals surface area contributed by atoms with Gasteiger partial charge in [-0.3, -0.25) is 4.90 Å². The first kappa shape index (κ1) is 13.1. The molecule has 2 aliphatic rings. The van der Waals surface area contributed by atoms with Crippen LogP contribution in [-0.4, -0.2) is 37.6 Å². The highest BCUT2D eigenvalue weighted by molar-refractivity contribution is 5.04. The highest BCUT2D eigenvalue weighted by Crippen LogP contribution is 2.33. The van der Waals surface area contributed by atoms with Crippen LogP contribution in [0.5, 0.6) is 0 Å². The monoisotopic (exact) mass is 236 g/mol. The van der Waals surface area contributed by atoms with E-state index < -0.39 is 0 Å². The number of nitrogens with one attached hydrogen (secondary N) is 1. The Labute approximate surface area is 106 Å². The lowest BCUT2D eigenvalue weighted by Crippen LogP contribution is -2.48. The molecule has 0 bridgehead atoms. The summed E-state index contributed by atoms with van der Waals surface area (Å²) in [6.07, 6.45) is 9.19. The van der Waals surface area contributed by atoms with Crippen molar-refractivity contribution in [2.24, 2.45) is 5.41 Å². The summed E-state index contributed by atoms with van der Waals surface area (Å²) in [5, 5.41) is 3.62. The second-order valence-electron chi connectivity index (χ2n) is 6.07. The molecule has 1 saturated heterocycles. The lowest BCUT2D eigenvalue weighted by Gasteiger charge is -2.42. The van der Waals surface area contributed by atoms with Crippen LogP contribution < -0.4 is 5.32 Å². The number of piperidine rings is 1. The molecule has 0 aromatic heterocycles. The molecule has 0 spiro atoms. The largest absolute Gasteiger partial charge is 0.316 e. The molecule has 0 aromatic rings. The fraction of sp³-hybridized carbons (Fsp3) is 0.867. The summed E-state index contributed by atoms with van der Waals surface area (Å²) in [7, 11) is 0. The van der Waals surface area contributed by atoms with Crippen LogP contribution in [0.25, 0.3) is 0 Å². The van der Waals surface area contributed by atoms with Gasteiger partial charge in [-0.1, -0.05) is 25.0 Å². The Hall–Kier alpha value is -0.340. The van der Waals surface area contributed by atoms with Gasteiger partial charge in [0, 0.05) is 26.2 Å². The van der Waals surface area contributed by atoms with Crippen LogP contribution in [0.1, 0.15) is 46.0 Å². The molecule has 0 aromatic carbocycles. The second kappa shape index (κ2) is 6.01. The van der Waals surface area contributed by atoms with Crippen molar-refractivity contribution in [3.63, 3.8) is 0 Å². The van der Waals surface area contributed by atoms with Crippen molar-refractivity contribution in [2.75, 3.05) is 32.7 Å². The van der Waals surface area contributed by atoms with Crippen molar-refractivity contribution in [3.05, 3.63) is 11.6 Å². The van der Waals surface area contributed by atoms with E-state index in [1.54, 1.807) is 5.57 Å². The van der Waals surface area contributed by atoms with E-state index >= 15 is 0 Å². The van der Waals surface area contributed by atoms with Crippen molar-refractivity contribution in [1.29, 1.82) is 0 Å². The third-order valence-electron chi connectivity index (χ3n) is 4.42. The summed E-state index contributed by atoms with van der Waals surface area (Å²) < 4.78 is 0. The van der Waals surface area contributed by atoms with E-state index in [2.05, 4.69) is 30.1 Å². The van der Waals surface area contributed by atoms with E-state index in [0.717, 1.165) is 0 Å². The maximum Gasteiger partial charge on any atom is 0.0166 e. The molecule has 1 atom stereocenters.